The van der Waals surface area contributed by atoms with Crippen LogP contribution < -0.4 is 5.32 Å². The Labute approximate surface area is 84.9 Å². The molecule has 0 heterocycles. The predicted molar refractivity (Wildman–Crippen MR) is 53.0 cm³/mol. The number of benzene rings is 1. The van der Waals surface area contributed by atoms with Crippen molar-refractivity contribution >= 4 is 15.9 Å². The van der Waals surface area contributed by atoms with Gasteiger partial charge in [-0.25, -0.2) is 4.39 Å². The van der Waals surface area contributed by atoms with Crippen molar-refractivity contribution in [2.24, 2.45) is 0 Å². The summed E-state index contributed by atoms with van der Waals surface area (Å²) in [5.74, 6) is -0.317. The lowest BCUT2D eigenvalue weighted by Crippen LogP contribution is -2.21. The fourth-order valence-corrected chi connectivity index (χ4v) is 1.46. The molecule has 0 saturated carbocycles. The standard InChI is InChI=1S/C9H11BrFNO/c1-12-9(5-13)7-3-2-6(10)4-8(7)11/h2-4,9,12-13H,5H2,1H3. The van der Waals surface area contributed by atoms with E-state index in [1.54, 1.807) is 19.2 Å². The van der Waals surface area contributed by atoms with Gasteiger partial charge in [0.15, 0.2) is 0 Å². The molecule has 1 rings (SSSR count). The lowest BCUT2D eigenvalue weighted by Gasteiger charge is -2.14. The lowest BCUT2D eigenvalue weighted by molar-refractivity contribution is 0.248. The fraction of sp³-hybridized carbons (Fsp3) is 0.333. The zero-order valence-corrected chi connectivity index (χ0v) is 8.81. The van der Waals surface area contributed by atoms with Gasteiger partial charge in [-0.1, -0.05) is 22.0 Å². The molecule has 1 atom stereocenters. The van der Waals surface area contributed by atoms with Gasteiger partial charge in [-0.3, -0.25) is 0 Å². The molecule has 0 aliphatic rings. The number of likely N-dealkylation sites (N-methyl/N-ethyl adjacent to an activating group) is 1. The molecule has 72 valence electrons. The SMILES string of the molecule is CNC(CO)c1ccc(Br)cc1F. The number of hydrogen-bond donors (Lipinski definition) is 2. The summed E-state index contributed by atoms with van der Waals surface area (Å²) in [5, 5.41) is 11.8. The van der Waals surface area contributed by atoms with Crippen molar-refractivity contribution in [1.29, 1.82) is 0 Å². The molecule has 4 heteroatoms. The van der Waals surface area contributed by atoms with Crippen LogP contribution in [0.2, 0.25) is 0 Å². The lowest BCUT2D eigenvalue weighted by atomic mass is 10.1. The molecule has 0 fully saturated rings. The van der Waals surface area contributed by atoms with Gasteiger partial charge in [-0.15, -0.1) is 0 Å². The van der Waals surface area contributed by atoms with E-state index in [0.29, 0.717) is 10.0 Å². The van der Waals surface area contributed by atoms with E-state index in [9.17, 15) is 4.39 Å². The molecule has 13 heavy (non-hydrogen) atoms. The van der Waals surface area contributed by atoms with E-state index < -0.39 is 0 Å². The molecule has 0 amide bonds. The van der Waals surface area contributed by atoms with E-state index in [2.05, 4.69) is 21.2 Å². The van der Waals surface area contributed by atoms with Crippen LogP contribution in [0.4, 0.5) is 4.39 Å². The molecule has 0 radical (unpaired) electrons. The van der Waals surface area contributed by atoms with Gasteiger partial charge in [0.25, 0.3) is 0 Å². The topological polar surface area (TPSA) is 32.3 Å². The quantitative estimate of drug-likeness (QED) is 0.855. The van der Waals surface area contributed by atoms with Gasteiger partial charge < -0.3 is 10.4 Å². The van der Waals surface area contributed by atoms with Crippen molar-refractivity contribution in [3.05, 3.63) is 34.1 Å². The van der Waals surface area contributed by atoms with E-state index in [-0.39, 0.29) is 18.5 Å². The highest BCUT2D eigenvalue weighted by Crippen LogP contribution is 2.20. The van der Waals surface area contributed by atoms with Crippen LogP contribution in [0, 0.1) is 5.82 Å². The van der Waals surface area contributed by atoms with Crippen molar-refractivity contribution in [3.8, 4) is 0 Å². The van der Waals surface area contributed by atoms with Gasteiger partial charge in [-0.2, -0.15) is 0 Å². The fourth-order valence-electron chi connectivity index (χ4n) is 1.13. The van der Waals surface area contributed by atoms with Crippen LogP contribution in [-0.2, 0) is 0 Å². The minimum Gasteiger partial charge on any atom is -0.394 e. The third-order valence-electron chi connectivity index (χ3n) is 1.87. The van der Waals surface area contributed by atoms with Crippen molar-refractivity contribution in [2.45, 2.75) is 6.04 Å². The maximum Gasteiger partial charge on any atom is 0.129 e. The first-order valence-electron chi connectivity index (χ1n) is 3.92. The predicted octanol–water partition coefficient (Wildman–Crippen LogP) is 1.84. The average Bonchev–Trinajstić information content (AvgIpc) is 2.10. The summed E-state index contributed by atoms with van der Waals surface area (Å²) in [4.78, 5) is 0. The molecule has 2 N–H and O–H groups in total. The third-order valence-corrected chi connectivity index (χ3v) is 2.36. The van der Waals surface area contributed by atoms with Crippen LogP contribution in [-0.4, -0.2) is 18.8 Å². The van der Waals surface area contributed by atoms with Crippen molar-refractivity contribution in [2.75, 3.05) is 13.7 Å². The molecule has 2 nitrogen and oxygen atoms in total. The van der Waals surface area contributed by atoms with Gasteiger partial charge >= 0.3 is 0 Å². The van der Waals surface area contributed by atoms with Crippen LogP contribution in [0.1, 0.15) is 11.6 Å². The van der Waals surface area contributed by atoms with Crippen LogP contribution in [0.3, 0.4) is 0 Å². The highest BCUT2D eigenvalue weighted by molar-refractivity contribution is 9.10. The Morgan fingerprint density at radius 3 is 2.77 bits per heavy atom. The van der Waals surface area contributed by atoms with E-state index in [1.807, 2.05) is 0 Å². The summed E-state index contributed by atoms with van der Waals surface area (Å²) in [7, 11) is 1.68. The van der Waals surface area contributed by atoms with E-state index in [1.165, 1.54) is 6.07 Å². The zero-order valence-electron chi connectivity index (χ0n) is 7.22. The minimum atomic E-state index is -0.340. The zero-order chi connectivity index (χ0) is 9.84. The van der Waals surface area contributed by atoms with Crippen LogP contribution in [0.15, 0.2) is 22.7 Å². The Kier molecular flexibility index (Phi) is 3.84. The number of hydrogen-bond acceptors (Lipinski definition) is 2. The van der Waals surface area contributed by atoms with E-state index in [0.717, 1.165) is 0 Å². The van der Waals surface area contributed by atoms with Gasteiger partial charge in [0.1, 0.15) is 5.82 Å². The summed E-state index contributed by atoms with van der Waals surface area (Å²) in [6.45, 7) is -0.116. The van der Waals surface area contributed by atoms with Gasteiger partial charge in [0, 0.05) is 10.0 Å². The van der Waals surface area contributed by atoms with Crippen molar-refractivity contribution < 1.29 is 9.50 Å². The number of aliphatic hydroxyl groups excluding tert-OH is 1. The van der Waals surface area contributed by atoms with Gasteiger partial charge in [0.2, 0.25) is 0 Å². The summed E-state index contributed by atoms with van der Waals surface area (Å²) in [6.07, 6.45) is 0. The van der Waals surface area contributed by atoms with Crippen LogP contribution in [0.25, 0.3) is 0 Å². The second-order valence-electron chi connectivity index (χ2n) is 2.69. The smallest absolute Gasteiger partial charge is 0.129 e. The maximum atomic E-state index is 13.3. The monoisotopic (exact) mass is 247 g/mol. The molecule has 1 unspecified atom stereocenters. The number of nitrogens with one attached hydrogen (secondary N) is 1. The first-order valence-corrected chi connectivity index (χ1v) is 4.71. The van der Waals surface area contributed by atoms with E-state index >= 15 is 0 Å². The Bertz CT molecular complexity index is 289. The van der Waals surface area contributed by atoms with Crippen molar-refractivity contribution in [1.82, 2.24) is 5.32 Å². The van der Waals surface area contributed by atoms with Gasteiger partial charge in [-0.05, 0) is 19.2 Å². The molecule has 0 saturated heterocycles. The Morgan fingerprint density at radius 1 is 1.62 bits per heavy atom. The largest absolute Gasteiger partial charge is 0.394 e. The number of rotatable bonds is 3. The summed E-state index contributed by atoms with van der Waals surface area (Å²) in [6, 6.07) is 4.44. The summed E-state index contributed by atoms with van der Waals surface area (Å²) < 4.78 is 14.0. The van der Waals surface area contributed by atoms with Crippen molar-refractivity contribution in [3.63, 3.8) is 0 Å². The summed E-state index contributed by atoms with van der Waals surface area (Å²) in [5.41, 5.74) is 0.480. The molecule has 0 aliphatic heterocycles. The molecule has 0 aromatic heterocycles. The normalized spacial score (nSPS) is 12.9. The average molecular weight is 248 g/mol. The Balaban J connectivity index is 2.99. The second kappa shape index (κ2) is 4.69. The van der Waals surface area contributed by atoms with Crippen LogP contribution in [0.5, 0.6) is 0 Å². The summed E-state index contributed by atoms with van der Waals surface area (Å²) >= 11 is 3.17. The molecular weight excluding hydrogens is 237 g/mol. The third kappa shape index (κ3) is 2.49. The minimum absolute atomic E-state index is 0.116. The molecule has 0 bridgehead atoms. The molecule has 0 aliphatic carbocycles. The number of halogens is 2. The number of aliphatic hydroxyl groups is 1. The molecule has 0 spiro atoms. The molecular formula is C9H11BrFNO. The van der Waals surface area contributed by atoms with E-state index in [4.69, 9.17) is 5.11 Å². The van der Waals surface area contributed by atoms with Crippen LogP contribution >= 0.6 is 15.9 Å². The highest BCUT2D eigenvalue weighted by Gasteiger charge is 2.12. The molecule has 1 aromatic carbocycles. The first kappa shape index (κ1) is 10.6. The van der Waals surface area contributed by atoms with Gasteiger partial charge in [0.05, 0.1) is 12.6 Å². The Morgan fingerprint density at radius 2 is 2.31 bits per heavy atom. The Hall–Kier alpha value is -0.450. The second-order valence-corrected chi connectivity index (χ2v) is 3.61. The maximum absolute atomic E-state index is 13.3. The highest BCUT2D eigenvalue weighted by atomic mass is 79.9. The molecule has 1 aromatic rings. The first-order chi connectivity index (χ1) is 6.19.